The third-order valence-corrected chi connectivity index (χ3v) is 4.62. The van der Waals surface area contributed by atoms with Crippen LogP contribution in [0.5, 0.6) is 0 Å². The number of pyridine rings is 1. The molecule has 3 amide bonds. The van der Waals surface area contributed by atoms with Crippen LogP contribution in [-0.4, -0.2) is 22.2 Å². The number of halogens is 1. The number of amides is 3. The molecule has 0 aliphatic carbocycles. The van der Waals surface area contributed by atoms with Crippen LogP contribution in [0.4, 0.5) is 22.1 Å². The Labute approximate surface area is 194 Å². The lowest BCUT2D eigenvalue weighted by Gasteiger charge is -2.15. The number of carbonyl (C=O) groups excluding carboxylic acids is 2. The van der Waals surface area contributed by atoms with Crippen molar-refractivity contribution < 1.29 is 18.8 Å². The fraction of sp³-hybridized carbons (Fsp3) is 0.0870. The van der Waals surface area contributed by atoms with E-state index < -0.39 is 6.03 Å². The van der Waals surface area contributed by atoms with Crippen molar-refractivity contribution in [3.63, 3.8) is 0 Å². The van der Waals surface area contributed by atoms with Gasteiger partial charge in [0.1, 0.15) is 5.69 Å². The first-order chi connectivity index (χ1) is 16.0. The highest BCUT2D eigenvalue weighted by Gasteiger charge is 2.12. The molecule has 4 rings (SSSR count). The van der Waals surface area contributed by atoms with E-state index in [2.05, 4.69) is 26.2 Å². The molecule has 0 atom stereocenters. The Morgan fingerprint density at radius 2 is 1.76 bits per heavy atom. The average molecular weight is 463 g/mol. The number of carbonyl (C=O) groups is 2. The molecular formula is C23H19ClN6O3. The largest absolute Gasteiger partial charge is 0.424 e. The number of hydrogen-bond donors (Lipinski definition) is 2. The molecule has 0 spiro atoms. The lowest BCUT2D eigenvalue weighted by atomic mass is 10.1. The van der Waals surface area contributed by atoms with Gasteiger partial charge in [-0.15, -0.1) is 0 Å². The van der Waals surface area contributed by atoms with Gasteiger partial charge in [-0.2, -0.15) is 0 Å². The second-order valence-electron chi connectivity index (χ2n) is 7.04. The molecule has 9 nitrogen and oxygen atoms in total. The van der Waals surface area contributed by atoms with Gasteiger partial charge in [-0.3, -0.25) is 14.6 Å². The molecule has 0 aliphatic heterocycles. The lowest BCUT2D eigenvalue weighted by molar-refractivity contribution is -0.755. The fourth-order valence-electron chi connectivity index (χ4n) is 3.02. The average Bonchev–Trinajstić information content (AvgIpc) is 3.21. The van der Waals surface area contributed by atoms with E-state index >= 15 is 0 Å². The van der Waals surface area contributed by atoms with Crippen LogP contribution < -0.4 is 15.3 Å². The smallest absolute Gasteiger partial charge is 0.242 e. The van der Waals surface area contributed by atoms with Gasteiger partial charge in [0, 0.05) is 16.9 Å². The zero-order valence-corrected chi connectivity index (χ0v) is 18.1. The molecule has 0 fully saturated rings. The van der Waals surface area contributed by atoms with E-state index in [1.54, 1.807) is 24.4 Å². The number of benzene rings is 2. The summed E-state index contributed by atoms with van der Waals surface area (Å²) >= 11 is 6.15. The molecule has 0 saturated heterocycles. The fourth-order valence-corrected chi connectivity index (χ4v) is 3.26. The highest BCUT2D eigenvalue weighted by Crippen LogP contribution is 2.24. The third kappa shape index (κ3) is 6.62. The Bertz CT molecular complexity index is 1250. The Balaban J connectivity index is 1.34. The van der Waals surface area contributed by atoms with Crippen LogP contribution in [-0.2, 0) is 17.8 Å². The quantitative estimate of drug-likeness (QED) is 0.393. The van der Waals surface area contributed by atoms with Crippen molar-refractivity contribution in [2.75, 3.05) is 10.6 Å². The van der Waals surface area contributed by atoms with Crippen LogP contribution in [0, 0.1) is 0 Å². The van der Waals surface area contributed by atoms with Gasteiger partial charge in [-0.1, -0.05) is 48.0 Å². The summed E-state index contributed by atoms with van der Waals surface area (Å²) in [5.74, 6) is -0.175. The molecule has 0 radical (unpaired) electrons. The minimum absolute atomic E-state index is 0.0295. The minimum atomic E-state index is -0.681. The van der Waals surface area contributed by atoms with Gasteiger partial charge in [0.05, 0.1) is 6.42 Å². The molecule has 2 aromatic heterocycles. The van der Waals surface area contributed by atoms with Crippen molar-refractivity contribution in [2.45, 2.75) is 13.0 Å². The summed E-state index contributed by atoms with van der Waals surface area (Å²) < 4.78 is 6.56. The van der Waals surface area contributed by atoms with E-state index in [-0.39, 0.29) is 18.2 Å². The van der Waals surface area contributed by atoms with Gasteiger partial charge in [0.25, 0.3) is 0 Å². The van der Waals surface area contributed by atoms with Gasteiger partial charge < -0.3 is 20.5 Å². The Hall–Kier alpha value is -4.24. The van der Waals surface area contributed by atoms with E-state index in [9.17, 15) is 9.59 Å². The molecular weight excluding hydrogens is 444 g/mol. The molecule has 2 N–H and O–H groups in total. The van der Waals surface area contributed by atoms with Crippen LogP contribution in [0.3, 0.4) is 0 Å². The van der Waals surface area contributed by atoms with Gasteiger partial charge in [0.15, 0.2) is 11.3 Å². The Kier molecular flexibility index (Phi) is 6.91. The molecule has 33 heavy (non-hydrogen) atoms. The van der Waals surface area contributed by atoms with E-state index in [4.69, 9.17) is 16.1 Å². The zero-order chi connectivity index (χ0) is 23.0. The SMILES string of the molecule is O=C(Cc1ccccc1)Nc1cc(Cl)cc(NC(=O)[N-]c2c[n+](Cc3ccccn3)no2)c1. The summed E-state index contributed by atoms with van der Waals surface area (Å²) in [7, 11) is 0. The van der Waals surface area contributed by atoms with Crippen molar-refractivity contribution in [1.29, 1.82) is 0 Å². The topological polar surface area (TPSA) is 115 Å². The Morgan fingerprint density at radius 3 is 2.52 bits per heavy atom. The lowest BCUT2D eigenvalue weighted by Crippen LogP contribution is -2.35. The molecule has 0 bridgehead atoms. The summed E-state index contributed by atoms with van der Waals surface area (Å²) in [6.45, 7) is 0.377. The van der Waals surface area contributed by atoms with Crippen LogP contribution in [0.25, 0.3) is 5.32 Å². The predicted octanol–water partition coefficient (Wildman–Crippen LogP) is 4.48. The molecule has 0 saturated carbocycles. The van der Waals surface area contributed by atoms with E-state index in [0.29, 0.717) is 22.9 Å². The second-order valence-corrected chi connectivity index (χ2v) is 7.48. The minimum Gasteiger partial charge on any atom is -0.424 e. The van der Waals surface area contributed by atoms with Crippen LogP contribution in [0.1, 0.15) is 11.3 Å². The first kappa shape index (κ1) is 22.0. The number of rotatable bonds is 7. The molecule has 2 heterocycles. The van der Waals surface area contributed by atoms with Crippen molar-refractivity contribution in [3.05, 3.63) is 101 Å². The predicted molar refractivity (Wildman–Crippen MR) is 122 cm³/mol. The second kappa shape index (κ2) is 10.4. The Morgan fingerprint density at radius 1 is 1.00 bits per heavy atom. The molecule has 0 unspecified atom stereocenters. The molecule has 0 aliphatic rings. The molecule has 4 aromatic rings. The maximum absolute atomic E-state index is 12.3. The maximum atomic E-state index is 12.3. The van der Waals surface area contributed by atoms with Crippen LogP contribution >= 0.6 is 11.6 Å². The van der Waals surface area contributed by atoms with E-state index in [1.807, 2.05) is 48.5 Å². The van der Waals surface area contributed by atoms with Crippen molar-refractivity contribution in [1.82, 2.24) is 10.3 Å². The third-order valence-electron chi connectivity index (χ3n) is 4.40. The van der Waals surface area contributed by atoms with E-state index in [0.717, 1.165) is 11.3 Å². The highest BCUT2D eigenvalue weighted by atomic mass is 35.5. The number of aromatic nitrogens is 3. The first-order valence-electron chi connectivity index (χ1n) is 9.97. The van der Waals surface area contributed by atoms with Crippen LogP contribution in [0.2, 0.25) is 5.02 Å². The molecule has 2 aromatic carbocycles. The summed E-state index contributed by atoms with van der Waals surface area (Å²) in [6, 6.07) is 18.9. The monoisotopic (exact) mass is 462 g/mol. The van der Waals surface area contributed by atoms with Gasteiger partial charge in [0.2, 0.25) is 24.5 Å². The number of nitrogens with zero attached hydrogens (tertiary/aromatic N) is 4. The number of anilines is 2. The summed E-state index contributed by atoms with van der Waals surface area (Å²) in [4.78, 5) is 28.8. The van der Waals surface area contributed by atoms with Crippen molar-refractivity contribution >= 4 is 40.8 Å². The standard InChI is InChI=1S/C23H19ClN6O3/c24-17-11-19(26-21(31)10-16-6-2-1-3-7-16)13-20(12-17)27-23(32)28-22-15-30(29-33-22)14-18-8-4-5-9-25-18/h1-9,11-13,15H,10,14H2,(H2-,26,27,28,29,31,32). The maximum Gasteiger partial charge on any atom is 0.242 e. The number of hydrogen-bond acceptors (Lipinski definition) is 5. The van der Waals surface area contributed by atoms with Gasteiger partial charge >= 0.3 is 0 Å². The summed E-state index contributed by atoms with van der Waals surface area (Å²) in [6.07, 6.45) is 3.38. The molecule has 10 heteroatoms. The summed E-state index contributed by atoms with van der Waals surface area (Å²) in [5, 5.41) is 13.4. The van der Waals surface area contributed by atoms with Crippen LogP contribution in [0.15, 0.2) is 83.6 Å². The number of urea groups is 1. The zero-order valence-electron chi connectivity index (χ0n) is 17.3. The molecule has 166 valence electrons. The van der Waals surface area contributed by atoms with Gasteiger partial charge in [-0.05, 0) is 46.3 Å². The van der Waals surface area contributed by atoms with Crippen molar-refractivity contribution in [3.8, 4) is 0 Å². The first-order valence-corrected chi connectivity index (χ1v) is 10.3. The summed E-state index contributed by atoms with van der Waals surface area (Å²) in [5.41, 5.74) is 2.49. The van der Waals surface area contributed by atoms with E-state index in [1.165, 1.54) is 10.9 Å². The van der Waals surface area contributed by atoms with Gasteiger partial charge in [-0.25, -0.2) is 0 Å². The number of nitrogens with one attached hydrogen (secondary N) is 2. The highest BCUT2D eigenvalue weighted by molar-refractivity contribution is 6.31. The van der Waals surface area contributed by atoms with Crippen molar-refractivity contribution in [2.24, 2.45) is 0 Å². The normalized spacial score (nSPS) is 10.5.